The van der Waals surface area contributed by atoms with E-state index in [0.717, 1.165) is 11.6 Å². The van der Waals surface area contributed by atoms with Crippen LogP contribution in [0.25, 0.3) is 0 Å². The molecule has 2 N–H and O–H groups in total. The Balaban J connectivity index is 1.90. The number of carbonyl (C=O) groups excluding carboxylic acids is 1. The van der Waals surface area contributed by atoms with Crippen molar-refractivity contribution < 1.29 is 9.18 Å². The first kappa shape index (κ1) is 16.7. The second kappa shape index (κ2) is 7.58. The molecule has 0 aliphatic heterocycles. The number of benzene rings is 2. The number of halogens is 3. The Hall–Kier alpha value is -1.62. The van der Waals surface area contributed by atoms with Crippen LogP contribution in [0.1, 0.15) is 18.5 Å². The Morgan fingerprint density at radius 1 is 1.18 bits per heavy atom. The van der Waals surface area contributed by atoms with Crippen LogP contribution in [0.2, 0.25) is 10.0 Å². The summed E-state index contributed by atoms with van der Waals surface area (Å²) in [5, 5.41) is 6.47. The van der Waals surface area contributed by atoms with Gasteiger partial charge in [0.05, 0.1) is 12.2 Å². The Labute approximate surface area is 138 Å². The van der Waals surface area contributed by atoms with Crippen LogP contribution in [0.3, 0.4) is 0 Å². The molecule has 0 fully saturated rings. The highest BCUT2D eigenvalue weighted by Crippen LogP contribution is 2.19. The zero-order valence-electron chi connectivity index (χ0n) is 11.9. The third-order valence-corrected chi connectivity index (χ3v) is 3.59. The van der Waals surface area contributed by atoms with Crippen LogP contribution in [-0.2, 0) is 4.79 Å². The molecule has 0 radical (unpaired) electrons. The van der Waals surface area contributed by atoms with Gasteiger partial charge in [0.25, 0.3) is 0 Å². The SMILES string of the molecule is C[C@@H](NCC(=O)Nc1ccc(Cl)cc1F)c1cccc(Cl)c1. The molecular weight excluding hydrogens is 326 g/mol. The molecular formula is C16H15Cl2FN2O. The van der Waals surface area contributed by atoms with Crippen LogP contribution < -0.4 is 10.6 Å². The van der Waals surface area contributed by atoms with E-state index in [1.54, 1.807) is 6.07 Å². The van der Waals surface area contributed by atoms with E-state index in [-0.39, 0.29) is 29.2 Å². The van der Waals surface area contributed by atoms with E-state index in [1.165, 1.54) is 12.1 Å². The lowest BCUT2D eigenvalue weighted by Crippen LogP contribution is -2.30. The highest BCUT2D eigenvalue weighted by molar-refractivity contribution is 6.30. The molecule has 0 saturated carbocycles. The molecule has 1 amide bonds. The van der Waals surface area contributed by atoms with Crippen LogP contribution in [0.4, 0.5) is 10.1 Å². The van der Waals surface area contributed by atoms with Gasteiger partial charge in [-0.1, -0.05) is 35.3 Å². The number of amides is 1. The lowest BCUT2D eigenvalue weighted by Gasteiger charge is -2.14. The summed E-state index contributed by atoms with van der Waals surface area (Å²) in [6.07, 6.45) is 0. The van der Waals surface area contributed by atoms with E-state index < -0.39 is 5.82 Å². The minimum Gasteiger partial charge on any atom is -0.322 e. The third kappa shape index (κ3) is 4.70. The normalized spacial score (nSPS) is 12.0. The monoisotopic (exact) mass is 340 g/mol. The van der Waals surface area contributed by atoms with Gasteiger partial charge in [0, 0.05) is 16.1 Å². The molecule has 1 atom stereocenters. The van der Waals surface area contributed by atoms with Gasteiger partial charge in [0.1, 0.15) is 5.82 Å². The van der Waals surface area contributed by atoms with Gasteiger partial charge in [0.15, 0.2) is 0 Å². The topological polar surface area (TPSA) is 41.1 Å². The summed E-state index contributed by atoms with van der Waals surface area (Å²) in [6, 6.07) is 11.4. The minimum absolute atomic E-state index is 0.0513. The molecule has 116 valence electrons. The zero-order valence-corrected chi connectivity index (χ0v) is 13.4. The van der Waals surface area contributed by atoms with Crippen molar-refractivity contribution in [2.75, 3.05) is 11.9 Å². The van der Waals surface area contributed by atoms with Gasteiger partial charge in [-0.3, -0.25) is 4.79 Å². The van der Waals surface area contributed by atoms with Gasteiger partial charge in [0.2, 0.25) is 5.91 Å². The Morgan fingerprint density at radius 3 is 2.59 bits per heavy atom. The van der Waals surface area contributed by atoms with Crippen molar-refractivity contribution in [1.82, 2.24) is 5.32 Å². The largest absolute Gasteiger partial charge is 0.322 e. The summed E-state index contributed by atoms with van der Waals surface area (Å²) >= 11 is 11.6. The number of anilines is 1. The van der Waals surface area contributed by atoms with E-state index in [9.17, 15) is 9.18 Å². The van der Waals surface area contributed by atoms with Crippen LogP contribution in [0, 0.1) is 5.82 Å². The quantitative estimate of drug-likeness (QED) is 0.845. The average molecular weight is 341 g/mol. The Kier molecular flexibility index (Phi) is 5.77. The number of hydrogen-bond acceptors (Lipinski definition) is 2. The second-order valence-corrected chi connectivity index (χ2v) is 5.70. The molecule has 0 aromatic heterocycles. The number of hydrogen-bond donors (Lipinski definition) is 2. The van der Waals surface area contributed by atoms with Crippen molar-refractivity contribution >= 4 is 34.8 Å². The van der Waals surface area contributed by atoms with E-state index in [0.29, 0.717) is 5.02 Å². The highest BCUT2D eigenvalue weighted by Gasteiger charge is 2.10. The fourth-order valence-corrected chi connectivity index (χ4v) is 2.28. The number of nitrogens with one attached hydrogen (secondary N) is 2. The predicted octanol–water partition coefficient (Wildman–Crippen LogP) is 4.42. The number of carbonyl (C=O) groups is 1. The van der Waals surface area contributed by atoms with E-state index in [2.05, 4.69) is 10.6 Å². The maximum atomic E-state index is 13.6. The predicted molar refractivity (Wildman–Crippen MR) is 87.9 cm³/mol. The van der Waals surface area contributed by atoms with Gasteiger partial charge < -0.3 is 10.6 Å². The Morgan fingerprint density at radius 2 is 1.91 bits per heavy atom. The fourth-order valence-electron chi connectivity index (χ4n) is 1.92. The third-order valence-electron chi connectivity index (χ3n) is 3.12. The summed E-state index contributed by atoms with van der Waals surface area (Å²) in [5.41, 5.74) is 1.07. The molecule has 22 heavy (non-hydrogen) atoms. The van der Waals surface area contributed by atoms with Crippen molar-refractivity contribution in [3.8, 4) is 0 Å². The zero-order chi connectivity index (χ0) is 16.1. The fraction of sp³-hybridized carbons (Fsp3) is 0.188. The van der Waals surface area contributed by atoms with Gasteiger partial charge in [-0.2, -0.15) is 0 Å². The molecule has 0 aliphatic carbocycles. The molecule has 2 aromatic rings. The van der Waals surface area contributed by atoms with Crippen LogP contribution >= 0.6 is 23.2 Å². The van der Waals surface area contributed by atoms with Crippen molar-refractivity contribution in [3.05, 3.63) is 63.9 Å². The molecule has 2 aromatic carbocycles. The van der Waals surface area contributed by atoms with Crippen LogP contribution in [0.15, 0.2) is 42.5 Å². The smallest absolute Gasteiger partial charge is 0.238 e. The molecule has 0 bridgehead atoms. The summed E-state index contributed by atoms with van der Waals surface area (Å²) < 4.78 is 13.6. The van der Waals surface area contributed by atoms with Crippen molar-refractivity contribution in [2.24, 2.45) is 0 Å². The van der Waals surface area contributed by atoms with Gasteiger partial charge in [-0.05, 0) is 42.8 Å². The number of rotatable bonds is 5. The maximum Gasteiger partial charge on any atom is 0.238 e. The lowest BCUT2D eigenvalue weighted by atomic mass is 10.1. The minimum atomic E-state index is -0.566. The summed E-state index contributed by atoms with van der Waals surface area (Å²) in [4.78, 5) is 11.9. The molecule has 0 aliphatic rings. The molecule has 0 heterocycles. The van der Waals surface area contributed by atoms with Crippen LogP contribution in [0.5, 0.6) is 0 Å². The molecule has 0 unspecified atom stereocenters. The molecule has 0 spiro atoms. The van der Waals surface area contributed by atoms with E-state index in [1.807, 2.05) is 25.1 Å². The standard InChI is InChI=1S/C16H15Cl2FN2O/c1-10(11-3-2-4-12(17)7-11)20-9-16(22)21-15-6-5-13(18)8-14(15)19/h2-8,10,20H,9H2,1H3,(H,21,22)/t10-/m1/s1. The molecule has 6 heteroatoms. The van der Waals surface area contributed by atoms with Gasteiger partial charge in [-0.25, -0.2) is 4.39 Å². The highest BCUT2D eigenvalue weighted by atomic mass is 35.5. The second-order valence-electron chi connectivity index (χ2n) is 4.83. The van der Waals surface area contributed by atoms with Crippen molar-refractivity contribution in [3.63, 3.8) is 0 Å². The first-order chi connectivity index (χ1) is 10.5. The van der Waals surface area contributed by atoms with E-state index >= 15 is 0 Å². The molecule has 2 rings (SSSR count). The summed E-state index contributed by atoms with van der Waals surface area (Å²) in [6.45, 7) is 1.97. The van der Waals surface area contributed by atoms with Gasteiger partial charge >= 0.3 is 0 Å². The lowest BCUT2D eigenvalue weighted by molar-refractivity contribution is -0.115. The molecule has 0 saturated heterocycles. The van der Waals surface area contributed by atoms with E-state index in [4.69, 9.17) is 23.2 Å². The van der Waals surface area contributed by atoms with Crippen LogP contribution in [-0.4, -0.2) is 12.5 Å². The summed E-state index contributed by atoms with van der Waals surface area (Å²) in [7, 11) is 0. The first-order valence-corrected chi connectivity index (χ1v) is 7.45. The van der Waals surface area contributed by atoms with Crippen molar-refractivity contribution in [2.45, 2.75) is 13.0 Å². The average Bonchev–Trinajstić information content (AvgIpc) is 2.47. The first-order valence-electron chi connectivity index (χ1n) is 6.69. The van der Waals surface area contributed by atoms with Gasteiger partial charge in [-0.15, -0.1) is 0 Å². The summed E-state index contributed by atoms with van der Waals surface area (Å²) in [5.74, 6) is -0.904. The maximum absolute atomic E-state index is 13.6. The Bertz CT molecular complexity index is 679. The molecule has 3 nitrogen and oxygen atoms in total. The van der Waals surface area contributed by atoms with Crippen molar-refractivity contribution in [1.29, 1.82) is 0 Å².